The molecule has 6 nitrogen and oxygen atoms in total. The molecule has 1 N–H and O–H groups in total. The van der Waals surface area contributed by atoms with Crippen LogP contribution in [-0.2, 0) is 27.3 Å². The van der Waals surface area contributed by atoms with E-state index in [1.165, 1.54) is 0 Å². The Hall–Kier alpha value is -2.60. The van der Waals surface area contributed by atoms with Gasteiger partial charge in [-0.05, 0) is 30.2 Å². The molecule has 1 aliphatic heterocycles. The number of nitrogens with one attached hydrogen (secondary N) is 1. The molecule has 2 heterocycles. The second-order valence-corrected chi connectivity index (χ2v) is 6.09. The Bertz CT molecular complexity index is 768. The standard InChI is InChI=1S/C19H22N2O4/c1-13-7-8-15(25-13)12-20-19(23)18-16-6-4-3-5-14(16)11-17(22)21(18)9-10-24-2/h3-8,18H,9-12H2,1-2H3,(H,20,23)/t18-/m0/s1. The third-order valence-electron chi connectivity index (χ3n) is 4.34. The number of ether oxygens (including phenoxy) is 1. The Kier molecular flexibility index (Phi) is 5.19. The van der Waals surface area contributed by atoms with Gasteiger partial charge in [0.05, 0.1) is 19.6 Å². The number of fused-ring (bicyclic) bond motifs is 1. The zero-order valence-electron chi connectivity index (χ0n) is 14.5. The number of rotatable bonds is 6. The Morgan fingerprint density at radius 1 is 1.32 bits per heavy atom. The van der Waals surface area contributed by atoms with Crippen molar-refractivity contribution < 1.29 is 18.7 Å². The first-order chi connectivity index (χ1) is 12.1. The predicted molar refractivity (Wildman–Crippen MR) is 91.8 cm³/mol. The number of benzene rings is 1. The summed E-state index contributed by atoms with van der Waals surface area (Å²) in [6, 6.07) is 10.6. The van der Waals surface area contributed by atoms with Crippen LogP contribution in [0.4, 0.5) is 0 Å². The van der Waals surface area contributed by atoms with Crippen LogP contribution in [0.2, 0.25) is 0 Å². The number of carbonyl (C=O) groups excluding carboxylic acids is 2. The quantitative estimate of drug-likeness (QED) is 0.871. The Morgan fingerprint density at radius 3 is 2.84 bits per heavy atom. The van der Waals surface area contributed by atoms with E-state index >= 15 is 0 Å². The molecule has 1 aliphatic rings. The van der Waals surface area contributed by atoms with Crippen molar-refractivity contribution in [3.8, 4) is 0 Å². The normalized spacial score (nSPS) is 16.6. The van der Waals surface area contributed by atoms with Gasteiger partial charge in [0.15, 0.2) is 0 Å². The van der Waals surface area contributed by atoms with Crippen molar-refractivity contribution in [1.82, 2.24) is 10.2 Å². The van der Waals surface area contributed by atoms with Crippen LogP contribution >= 0.6 is 0 Å². The number of hydrogen-bond donors (Lipinski definition) is 1. The van der Waals surface area contributed by atoms with Crippen molar-refractivity contribution in [1.29, 1.82) is 0 Å². The van der Waals surface area contributed by atoms with Crippen LogP contribution in [0.1, 0.15) is 28.7 Å². The van der Waals surface area contributed by atoms with Crippen LogP contribution in [-0.4, -0.2) is 37.0 Å². The number of methoxy groups -OCH3 is 1. The van der Waals surface area contributed by atoms with Gasteiger partial charge < -0.3 is 19.4 Å². The Labute approximate surface area is 146 Å². The number of hydrogen-bond acceptors (Lipinski definition) is 4. The highest BCUT2D eigenvalue weighted by Crippen LogP contribution is 2.30. The summed E-state index contributed by atoms with van der Waals surface area (Å²) in [5.41, 5.74) is 1.77. The Morgan fingerprint density at radius 2 is 2.12 bits per heavy atom. The molecule has 0 aliphatic carbocycles. The molecule has 1 aromatic carbocycles. The molecule has 6 heteroatoms. The van der Waals surface area contributed by atoms with Gasteiger partial charge in [-0.1, -0.05) is 24.3 Å². The lowest BCUT2D eigenvalue weighted by atomic mass is 9.91. The van der Waals surface area contributed by atoms with Gasteiger partial charge in [-0.15, -0.1) is 0 Å². The van der Waals surface area contributed by atoms with E-state index in [-0.39, 0.29) is 18.4 Å². The van der Waals surface area contributed by atoms with Crippen LogP contribution in [0, 0.1) is 6.92 Å². The van der Waals surface area contributed by atoms with Crippen molar-refractivity contribution >= 4 is 11.8 Å². The van der Waals surface area contributed by atoms with Crippen LogP contribution in [0.5, 0.6) is 0 Å². The Balaban J connectivity index is 1.82. The molecule has 132 valence electrons. The van der Waals surface area contributed by atoms with Crippen molar-refractivity contribution in [3.63, 3.8) is 0 Å². The fourth-order valence-electron chi connectivity index (χ4n) is 3.12. The molecule has 2 amide bonds. The number of aryl methyl sites for hydroxylation is 1. The molecular weight excluding hydrogens is 320 g/mol. The lowest BCUT2D eigenvalue weighted by molar-refractivity contribution is -0.142. The lowest BCUT2D eigenvalue weighted by Gasteiger charge is -2.36. The second-order valence-electron chi connectivity index (χ2n) is 6.09. The molecule has 0 radical (unpaired) electrons. The van der Waals surface area contributed by atoms with Crippen molar-refractivity contribution in [3.05, 3.63) is 59.0 Å². The largest absolute Gasteiger partial charge is 0.465 e. The fraction of sp³-hybridized carbons (Fsp3) is 0.368. The van der Waals surface area contributed by atoms with Gasteiger partial charge >= 0.3 is 0 Å². The van der Waals surface area contributed by atoms with Gasteiger partial charge in [0.2, 0.25) is 11.8 Å². The molecule has 0 bridgehead atoms. The molecule has 0 unspecified atom stereocenters. The van der Waals surface area contributed by atoms with Crippen molar-refractivity contribution in [2.45, 2.75) is 25.9 Å². The molecule has 0 fully saturated rings. The minimum Gasteiger partial charge on any atom is -0.465 e. The molecule has 0 saturated carbocycles. The summed E-state index contributed by atoms with van der Waals surface area (Å²) in [6.45, 7) is 2.90. The number of nitrogens with zero attached hydrogens (tertiary/aromatic N) is 1. The molecule has 0 saturated heterocycles. The van der Waals surface area contributed by atoms with Crippen LogP contribution in [0.15, 0.2) is 40.8 Å². The van der Waals surface area contributed by atoms with Gasteiger partial charge in [0.1, 0.15) is 17.6 Å². The summed E-state index contributed by atoms with van der Waals surface area (Å²) < 4.78 is 10.6. The number of furan rings is 1. The van der Waals surface area contributed by atoms with Gasteiger partial charge in [-0.2, -0.15) is 0 Å². The van der Waals surface area contributed by atoms with E-state index in [4.69, 9.17) is 9.15 Å². The summed E-state index contributed by atoms with van der Waals surface area (Å²) in [5, 5.41) is 2.88. The van der Waals surface area contributed by atoms with Crippen LogP contribution < -0.4 is 5.32 Å². The topological polar surface area (TPSA) is 71.8 Å². The molecule has 1 aromatic heterocycles. The highest BCUT2D eigenvalue weighted by Gasteiger charge is 2.36. The third kappa shape index (κ3) is 3.74. The molecule has 1 atom stereocenters. The zero-order chi connectivity index (χ0) is 17.8. The van der Waals surface area contributed by atoms with E-state index < -0.39 is 6.04 Å². The molecular formula is C19H22N2O4. The van der Waals surface area contributed by atoms with Crippen LogP contribution in [0.25, 0.3) is 0 Å². The number of carbonyl (C=O) groups is 2. The minimum atomic E-state index is -0.649. The maximum atomic E-state index is 12.9. The predicted octanol–water partition coefficient (Wildman–Crippen LogP) is 1.98. The summed E-state index contributed by atoms with van der Waals surface area (Å²) in [6.07, 6.45) is 0.307. The molecule has 0 spiro atoms. The van der Waals surface area contributed by atoms with Gasteiger partial charge in [-0.25, -0.2) is 0 Å². The van der Waals surface area contributed by atoms with E-state index in [9.17, 15) is 9.59 Å². The van der Waals surface area contributed by atoms with E-state index in [1.807, 2.05) is 43.3 Å². The molecule has 25 heavy (non-hydrogen) atoms. The highest BCUT2D eigenvalue weighted by atomic mass is 16.5. The maximum Gasteiger partial charge on any atom is 0.247 e. The van der Waals surface area contributed by atoms with Gasteiger partial charge in [-0.3, -0.25) is 9.59 Å². The zero-order valence-corrected chi connectivity index (χ0v) is 14.5. The van der Waals surface area contributed by atoms with E-state index in [2.05, 4.69) is 5.32 Å². The average Bonchev–Trinajstić information content (AvgIpc) is 3.02. The monoisotopic (exact) mass is 342 g/mol. The average molecular weight is 342 g/mol. The van der Waals surface area contributed by atoms with Gasteiger partial charge in [0.25, 0.3) is 0 Å². The highest BCUT2D eigenvalue weighted by molar-refractivity contribution is 5.92. The van der Waals surface area contributed by atoms with E-state index in [0.717, 1.165) is 16.9 Å². The number of amides is 2. The summed E-state index contributed by atoms with van der Waals surface area (Å²) in [7, 11) is 1.58. The first-order valence-electron chi connectivity index (χ1n) is 8.29. The van der Waals surface area contributed by atoms with E-state index in [0.29, 0.717) is 25.3 Å². The maximum absolute atomic E-state index is 12.9. The fourth-order valence-corrected chi connectivity index (χ4v) is 3.12. The second kappa shape index (κ2) is 7.53. The van der Waals surface area contributed by atoms with Crippen molar-refractivity contribution in [2.24, 2.45) is 0 Å². The third-order valence-corrected chi connectivity index (χ3v) is 4.34. The lowest BCUT2D eigenvalue weighted by Crippen LogP contribution is -2.48. The summed E-state index contributed by atoms with van der Waals surface area (Å²) in [5.74, 6) is 1.20. The SMILES string of the molecule is COCCN1C(=O)Cc2ccccc2[C@H]1C(=O)NCc1ccc(C)o1. The summed E-state index contributed by atoms with van der Waals surface area (Å²) in [4.78, 5) is 27.0. The van der Waals surface area contributed by atoms with Gasteiger partial charge in [0, 0.05) is 13.7 Å². The molecule has 2 aromatic rings. The summed E-state index contributed by atoms with van der Waals surface area (Å²) >= 11 is 0. The minimum absolute atomic E-state index is 0.0651. The van der Waals surface area contributed by atoms with Crippen molar-refractivity contribution in [2.75, 3.05) is 20.3 Å². The smallest absolute Gasteiger partial charge is 0.247 e. The van der Waals surface area contributed by atoms with E-state index in [1.54, 1.807) is 12.0 Å². The molecule has 3 rings (SSSR count). The first-order valence-corrected chi connectivity index (χ1v) is 8.29. The van der Waals surface area contributed by atoms with Crippen LogP contribution in [0.3, 0.4) is 0 Å². The first kappa shape index (κ1) is 17.2.